The molecule has 0 spiro atoms. The molecule has 0 aliphatic heterocycles. The predicted molar refractivity (Wildman–Crippen MR) is 76.9 cm³/mol. The van der Waals surface area contributed by atoms with E-state index in [9.17, 15) is 0 Å². The summed E-state index contributed by atoms with van der Waals surface area (Å²) < 4.78 is 5.83. The molecule has 0 saturated carbocycles. The SMILES string of the molecule is CCCCCc1ccc2oc3ccccc3c2c1. The van der Waals surface area contributed by atoms with Crippen molar-refractivity contribution in [2.75, 3.05) is 0 Å². The molecule has 2 aromatic carbocycles. The van der Waals surface area contributed by atoms with E-state index in [2.05, 4.69) is 37.3 Å². The number of aryl methyl sites for hydroxylation is 1. The second-order valence-electron chi connectivity index (χ2n) is 4.89. The highest BCUT2D eigenvalue weighted by Crippen LogP contribution is 2.29. The third-order valence-corrected chi connectivity index (χ3v) is 3.51. The lowest BCUT2D eigenvalue weighted by Gasteiger charge is -2.00. The summed E-state index contributed by atoms with van der Waals surface area (Å²) in [4.78, 5) is 0. The molecule has 18 heavy (non-hydrogen) atoms. The summed E-state index contributed by atoms with van der Waals surface area (Å²) >= 11 is 0. The van der Waals surface area contributed by atoms with Crippen LogP contribution in [0, 0.1) is 0 Å². The molecule has 0 radical (unpaired) electrons. The van der Waals surface area contributed by atoms with Gasteiger partial charge in [-0.1, -0.05) is 44.0 Å². The van der Waals surface area contributed by atoms with Crippen LogP contribution >= 0.6 is 0 Å². The van der Waals surface area contributed by atoms with Crippen LogP contribution < -0.4 is 0 Å². The molecule has 92 valence electrons. The monoisotopic (exact) mass is 238 g/mol. The molecule has 3 rings (SSSR count). The highest BCUT2D eigenvalue weighted by Gasteiger charge is 2.06. The quantitative estimate of drug-likeness (QED) is 0.561. The zero-order chi connectivity index (χ0) is 12.4. The highest BCUT2D eigenvalue weighted by atomic mass is 16.3. The summed E-state index contributed by atoms with van der Waals surface area (Å²) in [6, 6.07) is 14.9. The van der Waals surface area contributed by atoms with Crippen molar-refractivity contribution in [2.45, 2.75) is 32.6 Å². The molecule has 1 aromatic heterocycles. The molecule has 0 fully saturated rings. The van der Waals surface area contributed by atoms with Crippen LogP contribution in [0.25, 0.3) is 21.9 Å². The molecular weight excluding hydrogens is 220 g/mol. The van der Waals surface area contributed by atoms with E-state index in [0.29, 0.717) is 0 Å². The summed E-state index contributed by atoms with van der Waals surface area (Å²) in [5, 5.41) is 2.48. The van der Waals surface area contributed by atoms with Crippen LogP contribution in [0.2, 0.25) is 0 Å². The minimum Gasteiger partial charge on any atom is -0.456 e. The Morgan fingerprint density at radius 1 is 0.889 bits per heavy atom. The number of hydrogen-bond donors (Lipinski definition) is 0. The molecule has 3 aromatic rings. The van der Waals surface area contributed by atoms with E-state index in [-0.39, 0.29) is 0 Å². The lowest BCUT2D eigenvalue weighted by molar-refractivity contribution is 0.668. The number of furan rings is 1. The molecule has 0 aliphatic carbocycles. The summed E-state index contributed by atoms with van der Waals surface area (Å²) in [5.74, 6) is 0. The first kappa shape index (κ1) is 11.3. The van der Waals surface area contributed by atoms with E-state index >= 15 is 0 Å². The summed E-state index contributed by atoms with van der Waals surface area (Å²) in [6.45, 7) is 2.24. The van der Waals surface area contributed by atoms with Gasteiger partial charge in [0, 0.05) is 10.8 Å². The van der Waals surface area contributed by atoms with Gasteiger partial charge in [-0.2, -0.15) is 0 Å². The maximum atomic E-state index is 5.83. The van der Waals surface area contributed by atoms with E-state index in [0.717, 1.165) is 11.2 Å². The molecule has 0 saturated heterocycles. The number of para-hydroxylation sites is 1. The van der Waals surface area contributed by atoms with Gasteiger partial charge in [0.05, 0.1) is 0 Å². The highest BCUT2D eigenvalue weighted by molar-refractivity contribution is 6.04. The predicted octanol–water partition coefficient (Wildman–Crippen LogP) is 5.32. The lowest BCUT2D eigenvalue weighted by Crippen LogP contribution is -1.84. The average Bonchev–Trinajstić information content (AvgIpc) is 2.77. The number of benzene rings is 2. The second kappa shape index (κ2) is 4.85. The first-order valence-corrected chi connectivity index (χ1v) is 6.78. The van der Waals surface area contributed by atoms with Gasteiger partial charge in [-0.05, 0) is 36.6 Å². The van der Waals surface area contributed by atoms with Crippen LogP contribution in [-0.2, 0) is 6.42 Å². The smallest absolute Gasteiger partial charge is 0.135 e. The fraction of sp³-hybridized carbons (Fsp3) is 0.294. The molecule has 1 heteroatoms. The first-order valence-electron chi connectivity index (χ1n) is 6.78. The number of hydrogen-bond acceptors (Lipinski definition) is 1. The van der Waals surface area contributed by atoms with Crippen LogP contribution in [0.3, 0.4) is 0 Å². The van der Waals surface area contributed by atoms with Crippen LogP contribution in [0.15, 0.2) is 46.9 Å². The van der Waals surface area contributed by atoms with Crippen molar-refractivity contribution in [3.8, 4) is 0 Å². The normalized spacial score (nSPS) is 11.4. The minimum absolute atomic E-state index is 0.984. The fourth-order valence-electron chi connectivity index (χ4n) is 2.51. The topological polar surface area (TPSA) is 13.1 Å². The standard InChI is InChI=1S/C17H18O/c1-2-3-4-7-13-10-11-17-15(12-13)14-8-5-6-9-16(14)18-17/h5-6,8-12H,2-4,7H2,1H3. The minimum atomic E-state index is 0.984. The van der Waals surface area contributed by atoms with Gasteiger partial charge in [0.2, 0.25) is 0 Å². The molecule has 0 bridgehead atoms. The maximum Gasteiger partial charge on any atom is 0.135 e. The zero-order valence-electron chi connectivity index (χ0n) is 10.8. The summed E-state index contributed by atoms with van der Waals surface area (Å²) in [7, 11) is 0. The molecule has 1 heterocycles. The number of unbranched alkanes of at least 4 members (excludes halogenated alkanes) is 2. The van der Waals surface area contributed by atoms with Gasteiger partial charge in [0.25, 0.3) is 0 Å². The second-order valence-corrected chi connectivity index (χ2v) is 4.89. The van der Waals surface area contributed by atoms with Crippen molar-refractivity contribution in [2.24, 2.45) is 0 Å². The molecule has 0 unspecified atom stereocenters. The first-order chi connectivity index (χ1) is 8.88. The Labute approximate surface area is 107 Å². The zero-order valence-corrected chi connectivity index (χ0v) is 10.8. The Morgan fingerprint density at radius 3 is 2.61 bits per heavy atom. The maximum absolute atomic E-state index is 5.83. The van der Waals surface area contributed by atoms with Gasteiger partial charge in [-0.3, -0.25) is 0 Å². The Morgan fingerprint density at radius 2 is 1.72 bits per heavy atom. The Kier molecular flexibility index (Phi) is 3.06. The van der Waals surface area contributed by atoms with Gasteiger partial charge >= 0.3 is 0 Å². The van der Waals surface area contributed by atoms with Crippen LogP contribution in [0.1, 0.15) is 31.7 Å². The van der Waals surface area contributed by atoms with E-state index in [1.54, 1.807) is 0 Å². The molecule has 0 N–H and O–H groups in total. The van der Waals surface area contributed by atoms with Gasteiger partial charge < -0.3 is 4.42 Å². The van der Waals surface area contributed by atoms with Gasteiger partial charge in [-0.25, -0.2) is 0 Å². The van der Waals surface area contributed by atoms with E-state index in [4.69, 9.17) is 4.42 Å². The van der Waals surface area contributed by atoms with Crippen molar-refractivity contribution in [1.29, 1.82) is 0 Å². The van der Waals surface area contributed by atoms with Crippen molar-refractivity contribution >= 4 is 21.9 Å². The van der Waals surface area contributed by atoms with Crippen molar-refractivity contribution in [3.05, 3.63) is 48.0 Å². The van der Waals surface area contributed by atoms with Crippen molar-refractivity contribution in [1.82, 2.24) is 0 Å². The van der Waals surface area contributed by atoms with Gasteiger partial charge in [0.15, 0.2) is 0 Å². The Bertz CT molecular complexity index is 663. The Hall–Kier alpha value is -1.76. The summed E-state index contributed by atoms with van der Waals surface area (Å²) in [5.41, 5.74) is 3.40. The fourth-order valence-corrected chi connectivity index (χ4v) is 2.51. The molecule has 0 amide bonds. The van der Waals surface area contributed by atoms with E-state index < -0.39 is 0 Å². The van der Waals surface area contributed by atoms with Gasteiger partial charge in [-0.15, -0.1) is 0 Å². The summed E-state index contributed by atoms with van der Waals surface area (Å²) in [6.07, 6.45) is 5.03. The molecule has 0 atom stereocenters. The molecular formula is C17H18O. The lowest BCUT2D eigenvalue weighted by atomic mass is 10.0. The van der Waals surface area contributed by atoms with Crippen LogP contribution in [-0.4, -0.2) is 0 Å². The van der Waals surface area contributed by atoms with E-state index in [1.807, 2.05) is 12.1 Å². The Balaban J connectivity index is 2.02. The van der Waals surface area contributed by atoms with Gasteiger partial charge in [0.1, 0.15) is 11.2 Å². The largest absolute Gasteiger partial charge is 0.456 e. The van der Waals surface area contributed by atoms with E-state index in [1.165, 1.54) is 42.0 Å². The van der Waals surface area contributed by atoms with Crippen molar-refractivity contribution < 1.29 is 4.42 Å². The molecule has 0 aliphatic rings. The average molecular weight is 238 g/mol. The van der Waals surface area contributed by atoms with Crippen molar-refractivity contribution in [3.63, 3.8) is 0 Å². The molecule has 1 nitrogen and oxygen atoms in total. The number of fused-ring (bicyclic) bond motifs is 3. The number of rotatable bonds is 4. The third kappa shape index (κ3) is 2.01. The van der Waals surface area contributed by atoms with Crippen LogP contribution in [0.4, 0.5) is 0 Å². The third-order valence-electron chi connectivity index (χ3n) is 3.51. The van der Waals surface area contributed by atoms with Crippen LogP contribution in [0.5, 0.6) is 0 Å².